The van der Waals surface area contributed by atoms with Crippen LogP contribution >= 0.6 is 11.8 Å². The Morgan fingerprint density at radius 1 is 1.30 bits per heavy atom. The molecule has 1 heterocycles. The van der Waals surface area contributed by atoms with Gasteiger partial charge in [-0.2, -0.15) is 0 Å². The second-order valence-corrected chi connectivity index (χ2v) is 7.18. The van der Waals surface area contributed by atoms with Gasteiger partial charge in [-0.05, 0) is 25.5 Å². The fourth-order valence-electron chi connectivity index (χ4n) is 1.71. The Balaban J connectivity index is 2.02. The lowest BCUT2D eigenvalue weighted by molar-refractivity contribution is -0.112. The van der Waals surface area contributed by atoms with Crippen molar-refractivity contribution in [2.75, 3.05) is 5.75 Å². The second kappa shape index (κ2) is 5.84. The van der Waals surface area contributed by atoms with E-state index in [1.165, 1.54) is 12.1 Å². The third kappa shape index (κ3) is 3.51. The fourth-order valence-corrected chi connectivity index (χ4v) is 3.56. The smallest absolute Gasteiger partial charge is 0.327 e. The third-order valence-electron chi connectivity index (χ3n) is 2.80. The number of thioether (sulfide) groups is 1. The molecule has 0 radical (unpaired) electrons. The summed E-state index contributed by atoms with van der Waals surface area (Å²) in [5.74, 6) is 0.633. The highest BCUT2D eigenvalue weighted by Crippen LogP contribution is 2.19. The summed E-state index contributed by atoms with van der Waals surface area (Å²) >= 11 is 1.13. The van der Waals surface area contributed by atoms with Gasteiger partial charge in [-0.25, -0.2) is 17.9 Å². The first-order chi connectivity index (χ1) is 9.38. The van der Waals surface area contributed by atoms with E-state index >= 15 is 0 Å². The van der Waals surface area contributed by atoms with Gasteiger partial charge in [0.2, 0.25) is 5.12 Å². The van der Waals surface area contributed by atoms with Crippen LogP contribution < -0.4 is 10.0 Å². The molecule has 0 saturated carbocycles. The number of urea groups is 1. The van der Waals surface area contributed by atoms with Gasteiger partial charge < -0.3 is 5.32 Å². The summed E-state index contributed by atoms with van der Waals surface area (Å²) < 4.78 is 25.8. The number of amides is 2. The molecule has 1 aliphatic heterocycles. The van der Waals surface area contributed by atoms with Crippen LogP contribution in [-0.4, -0.2) is 31.4 Å². The van der Waals surface area contributed by atoms with Crippen molar-refractivity contribution in [3.05, 3.63) is 29.8 Å². The molecule has 1 unspecified atom stereocenters. The highest BCUT2D eigenvalue weighted by Gasteiger charge is 2.28. The second-order valence-electron chi connectivity index (χ2n) is 4.40. The lowest BCUT2D eigenvalue weighted by Crippen LogP contribution is -2.45. The lowest BCUT2D eigenvalue weighted by Gasteiger charge is -2.12. The van der Waals surface area contributed by atoms with Crippen molar-refractivity contribution in [1.82, 2.24) is 10.0 Å². The Hall–Kier alpha value is -1.54. The van der Waals surface area contributed by atoms with E-state index in [0.717, 1.165) is 17.3 Å². The van der Waals surface area contributed by atoms with Gasteiger partial charge in [0.25, 0.3) is 10.0 Å². The van der Waals surface area contributed by atoms with Crippen LogP contribution in [0.5, 0.6) is 0 Å². The summed E-state index contributed by atoms with van der Waals surface area (Å²) in [6.07, 6.45) is 0.515. The highest BCUT2D eigenvalue weighted by molar-refractivity contribution is 8.14. The van der Waals surface area contributed by atoms with Gasteiger partial charge in [0.1, 0.15) is 6.04 Å². The van der Waals surface area contributed by atoms with Gasteiger partial charge in [-0.3, -0.25) is 4.79 Å². The molecule has 0 bridgehead atoms. The van der Waals surface area contributed by atoms with Crippen molar-refractivity contribution in [1.29, 1.82) is 0 Å². The largest absolute Gasteiger partial charge is 0.329 e. The van der Waals surface area contributed by atoms with E-state index in [0.29, 0.717) is 12.2 Å². The predicted octanol–water partition coefficient (Wildman–Crippen LogP) is 1.02. The van der Waals surface area contributed by atoms with E-state index in [1.54, 1.807) is 12.1 Å². The zero-order valence-electron chi connectivity index (χ0n) is 10.8. The van der Waals surface area contributed by atoms with E-state index in [2.05, 4.69) is 5.32 Å². The van der Waals surface area contributed by atoms with E-state index in [4.69, 9.17) is 0 Å². The summed E-state index contributed by atoms with van der Waals surface area (Å²) in [4.78, 5) is 23.0. The van der Waals surface area contributed by atoms with Crippen LogP contribution in [0, 0.1) is 6.92 Å². The number of benzene rings is 1. The Kier molecular flexibility index (Phi) is 4.34. The average molecular weight is 314 g/mol. The van der Waals surface area contributed by atoms with Crippen molar-refractivity contribution in [2.45, 2.75) is 24.3 Å². The number of carbonyl (C=O) groups is 2. The normalized spacial score (nSPS) is 18.9. The number of rotatable bonds is 3. The molecule has 1 fully saturated rings. The summed E-state index contributed by atoms with van der Waals surface area (Å²) in [6, 6.07) is 4.62. The molecule has 0 aromatic heterocycles. The topological polar surface area (TPSA) is 92.3 Å². The Morgan fingerprint density at radius 3 is 2.50 bits per heavy atom. The van der Waals surface area contributed by atoms with E-state index in [1.807, 2.05) is 11.6 Å². The molecular formula is C12H14N2O4S2. The van der Waals surface area contributed by atoms with Gasteiger partial charge in [-0.15, -0.1) is 0 Å². The van der Waals surface area contributed by atoms with Crippen molar-refractivity contribution in [2.24, 2.45) is 0 Å². The Labute approximate surface area is 121 Å². The fraction of sp³-hybridized carbons (Fsp3) is 0.333. The molecule has 1 aromatic carbocycles. The van der Waals surface area contributed by atoms with Crippen LogP contribution in [0.1, 0.15) is 12.0 Å². The van der Waals surface area contributed by atoms with Crippen LogP contribution in [0.15, 0.2) is 29.2 Å². The molecule has 2 rings (SSSR count). The third-order valence-corrected chi connectivity index (χ3v) is 5.15. The molecule has 8 heteroatoms. The number of nitrogens with one attached hydrogen (secondary N) is 2. The van der Waals surface area contributed by atoms with Crippen LogP contribution in [-0.2, 0) is 14.8 Å². The van der Waals surface area contributed by atoms with Crippen LogP contribution in [0.3, 0.4) is 0 Å². The lowest BCUT2D eigenvalue weighted by atomic mass is 10.2. The van der Waals surface area contributed by atoms with E-state index in [-0.39, 0.29) is 10.0 Å². The maximum atomic E-state index is 11.9. The van der Waals surface area contributed by atoms with Gasteiger partial charge in [-0.1, -0.05) is 29.5 Å². The Bertz CT molecular complexity index is 625. The summed E-state index contributed by atoms with van der Waals surface area (Å²) in [5, 5.41) is 2.22. The summed E-state index contributed by atoms with van der Waals surface area (Å²) in [6.45, 7) is 1.83. The quantitative estimate of drug-likeness (QED) is 0.869. The molecule has 1 saturated heterocycles. The summed E-state index contributed by atoms with van der Waals surface area (Å²) in [5.41, 5.74) is 0.918. The van der Waals surface area contributed by atoms with Crippen LogP contribution in [0.2, 0.25) is 0 Å². The predicted molar refractivity (Wildman–Crippen MR) is 75.9 cm³/mol. The minimum Gasteiger partial charge on any atom is -0.327 e. The number of hydrogen-bond acceptors (Lipinski definition) is 5. The Morgan fingerprint density at radius 2 is 1.95 bits per heavy atom. The molecule has 20 heavy (non-hydrogen) atoms. The zero-order chi connectivity index (χ0) is 14.8. The van der Waals surface area contributed by atoms with Crippen molar-refractivity contribution in [3.8, 4) is 0 Å². The van der Waals surface area contributed by atoms with E-state index < -0.39 is 22.1 Å². The molecule has 1 atom stereocenters. The molecular weight excluding hydrogens is 300 g/mol. The van der Waals surface area contributed by atoms with E-state index in [9.17, 15) is 18.0 Å². The van der Waals surface area contributed by atoms with Gasteiger partial charge in [0.15, 0.2) is 0 Å². The van der Waals surface area contributed by atoms with Crippen LogP contribution in [0.25, 0.3) is 0 Å². The molecule has 2 amide bonds. The highest BCUT2D eigenvalue weighted by atomic mass is 32.2. The number of carbonyl (C=O) groups excluding carboxylic acids is 2. The van der Waals surface area contributed by atoms with Gasteiger partial charge >= 0.3 is 6.03 Å². The molecule has 6 nitrogen and oxygen atoms in total. The minimum absolute atomic E-state index is 0.00498. The zero-order valence-corrected chi connectivity index (χ0v) is 12.4. The van der Waals surface area contributed by atoms with Crippen molar-refractivity contribution in [3.63, 3.8) is 0 Å². The SMILES string of the molecule is Cc1ccc(S(=O)(=O)NC(=O)NC2CCSC2=O)cc1. The number of sulfonamides is 1. The average Bonchev–Trinajstić information content (AvgIpc) is 2.74. The monoisotopic (exact) mass is 314 g/mol. The van der Waals surface area contributed by atoms with Crippen LogP contribution in [0.4, 0.5) is 4.79 Å². The maximum Gasteiger partial charge on any atom is 0.329 e. The molecule has 2 N–H and O–H groups in total. The van der Waals surface area contributed by atoms with Crippen molar-refractivity contribution >= 4 is 32.9 Å². The first-order valence-corrected chi connectivity index (χ1v) is 8.42. The van der Waals surface area contributed by atoms with Gasteiger partial charge in [0, 0.05) is 5.75 Å². The number of aryl methyl sites for hydroxylation is 1. The standard InChI is InChI=1S/C12H14N2O4S2/c1-8-2-4-9(5-3-8)20(17,18)14-12(16)13-10-6-7-19-11(10)15/h2-5,10H,6-7H2,1H3,(H2,13,14,16). The first kappa shape index (κ1) is 14.9. The van der Waals surface area contributed by atoms with Gasteiger partial charge in [0.05, 0.1) is 4.90 Å². The molecule has 0 aliphatic carbocycles. The molecule has 0 spiro atoms. The van der Waals surface area contributed by atoms with Crippen molar-refractivity contribution < 1.29 is 18.0 Å². The minimum atomic E-state index is -3.92. The molecule has 1 aliphatic rings. The first-order valence-electron chi connectivity index (χ1n) is 5.95. The number of hydrogen-bond donors (Lipinski definition) is 2. The summed E-state index contributed by atoms with van der Waals surface area (Å²) in [7, 11) is -3.92. The maximum absolute atomic E-state index is 11.9. The molecule has 108 valence electrons. The molecule has 1 aromatic rings.